The lowest BCUT2D eigenvalue weighted by atomic mass is 9.93. The Morgan fingerprint density at radius 3 is 2.62 bits per heavy atom. The van der Waals surface area contributed by atoms with Gasteiger partial charge in [-0.05, 0) is 74.1 Å². The van der Waals surface area contributed by atoms with Crippen molar-refractivity contribution in [2.24, 2.45) is 0 Å². The van der Waals surface area contributed by atoms with Gasteiger partial charge < -0.3 is 19.2 Å². The van der Waals surface area contributed by atoms with E-state index in [9.17, 15) is 4.79 Å². The van der Waals surface area contributed by atoms with Crippen LogP contribution in [-0.2, 0) is 29.6 Å². The van der Waals surface area contributed by atoms with Crippen molar-refractivity contribution in [3.63, 3.8) is 0 Å². The lowest BCUT2D eigenvalue weighted by molar-refractivity contribution is -0.122. The molecule has 0 bridgehead atoms. The fourth-order valence-corrected chi connectivity index (χ4v) is 4.35. The number of nitrogens with one attached hydrogen (secondary N) is 1. The van der Waals surface area contributed by atoms with E-state index in [-0.39, 0.29) is 5.91 Å². The monoisotopic (exact) mass is 391 g/mol. The summed E-state index contributed by atoms with van der Waals surface area (Å²) < 4.78 is 17.0. The summed E-state index contributed by atoms with van der Waals surface area (Å²) in [7, 11) is 0. The summed E-state index contributed by atoms with van der Waals surface area (Å²) in [5, 5.41) is 4.21. The second-order valence-corrected chi connectivity index (χ2v) is 8.44. The van der Waals surface area contributed by atoms with E-state index in [0.29, 0.717) is 19.6 Å². The van der Waals surface area contributed by atoms with Gasteiger partial charge in [-0.15, -0.1) is 0 Å². The van der Waals surface area contributed by atoms with Gasteiger partial charge in [-0.2, -0.15) is 0 Å². The highest BCUT2D eigenvalue weighted by Crippen LogP contribution is 2.35. The van der Waals surface area contributed by atoms with Gasteiger partial charge in [0.2, 0.25) is 5.91 Å². The molecule has 1 N–H and O–H groups in total. The number of carbonyl (C=O) groups is 1. The molecule has 0 fully saturated rings. The molecule has 0 saturated heterocycles. The molecule has 1 aliphatic heterocycles. The Kier molecular flexibility index (Phi) is 4.26. The van der Waals surface area contributed by atoms with E-state index in [1.165, 1.54) is 17.5 Å². The first kappa shape index (κ1) is 18.1. The quantitative estimate of drug-likeness (QED) is 0.721. The number of benzene rings is 2. The van der Waals surface area contributed by atoms with Gasteiger partial charge in [0.25, 0.3) is 0 Å². The molecular weight excluding hydrogens is 366 g/mol. The molecule has 1 amide bonds. The second-order valence-electron chi connectivity index (χ2n) is 8.44. The van der Waals surface area contributed by atoms with Gasteiger partial charge in [-0.25, -0.2) is 0 Å². The van der Waals surface area contributed by atoms with Crippen molar-refractivity contribution in [2.45, 2.75) is 45.1 Å². The number of hydrogen-bond acceptors (Lipinski definition) is 4. The van der Waals surface area contributed by atoms with Crippen LogP contribution in [0.25, 0.3) is 11.0 Å². The molecule has 3 aromatic rings. The molecule has 5 nitrogen and oxygen atoms in total. The largest absolute Gasteiger partial charge is 0.486 e. The number of aryl methyl sites for hydroxylation is 2. The summed E-state index contributed by atoms with van der Waals surface area (Å²) in [6.07, 6.45) is 5.43. The van der Waals surface area contributed by atoms with Crippen molar-refractivity contribution >= 4 is 16.9 Å². The molecule has 150 valence electrons. The van der Waals surface area contributed by atoms with E-state index in [1.54, 1.807) is 6.26 Å². The van der Waals surface area contributed by atoms with Gasteiger partial charge >= 0.3 is 0 Å². The molecule has 5 heteroatoms. The van der Waals surface area contributed by atoms with Crippen LogP contribution in [0.5, 0.6) is 11.5 Å². The van der Waals surface area contributed by atoms with Crippen LogP contribution in [0.4, 0.5) is 0 Å². The molecule has 2 heterocycles. The summed E-state index contributed by atoms with van der Waals surface area (Å²) in [4.78, 5) is 12.9. The smallest absolute Gasteiger partial charge is 0.225 e. The summed E-state index contributed by atoms with van der Waals surface area (Å²) in [6, 6.07) is 10.2. The molecule has 1 aliphatic carbocycles. The Morgan fingerprint density at radius 1 is 1.03 bits per heavy atom. The highest BCUT2D eigenvalue weighted by molar-refractivity contribution is 5.89. The minimum atomic E-state index is -0.534. The first-order valence-electron chi connectivity index (χ1n) is 10.2. The Bertz CT molecular complexity index is 1100. The number of ether oxygens (including phenoxy) is 2. The maximum absolute atomic E-state index is 12.9. The van der Waals surface area contributed by atoms with E-state index < -0.39 is 5.54 Å². The molecule has 29 heavy (non-hydrogen) atoms. The first-order chi connectivity index (χ1) is 14.0. The zero-order chi connectivity index (χ0) is 20.0. The van der Waals surface area contributed by atoms with Crippen molar-refractivity contribution in [3.05, 3.63) is 58.8 Å². The normalized spacial score (nSPS) is 15.4. The molecule has 1 aromatic heterocycles. The molecular formula is C24H25NO4. The number of amides is 1. The Morgan fingerprint density at radius 2 is 1.79 bits per heavy atom. The third-order valence-electron chi connectivity index (χ3n) is 5.93. The van der Waals surface area contributed by atoms with E-state index in [2.05, 4.69) is 17.4 Å². The third kappa shape index (κ3) is 3.35. The molecule has 0 unspecified atom stereocenters. The average Bonchev–Trinajstić information content (AvgIpc) is 3.32. The van der Waals surface area contributed by atoms with E-state index in [1.807, 2.05) is 32.0 Å². The molecule has 0 saturated carbocycles. The predicted octanol–water partition coefficient (Wildman–Crippen LogP) is 4.29. The minimum absolute atomic E-state index is 0.0342. The number of fused-ring (bicyclic) bond motifs is 3. The highest BCUT2D eigenvalue weighted by Gasteiger charge is 2.26. The standard InChI is InChI=1S/C24H25NO4/c1-24(2,18-6-7-20-22(13-18)28-9-8-27-20)25-23(26)12-17-14-29-21-11-16-5-3-4-15(16)10-19(17)21/h6-7,10-11,13-14H,3-5,8-9,12H2,1-2H3,(H,25,26). The van der Waals surface area contributed by atoms with Crippen molar-refractivity contribution in [3.8, 4) is 11.5 Å². The zero-order valence-corrected chi connectivity index (χ0v) is 16.8. The average molecular weight is 391 g/mol. The Balaban J connectivity index is 1.34. The Hall–Kier alpha value is -2.95. The van der Waals surface area contributed by atoms with Crippen LogP contribution in [0.15, 0.2) is 41.0 Å². The molecule has 2 aliphatic rings. The minimum Gasteiger partial charge on any atom is -0.486 e. The van der Waals surface area contributed by atoms with Crippen molar-refractivity contribution in [1.29, 1.82) is 0 Å². The topological polar surface area (TPSA) is 60.7 Å². The Labute approximate surface area is 170 Å². The maximum atomic E-state index is 12.9. The van der Waals surface area contributed by atoms with Crippen molar-refractivity contribution in [2.75, 3.05) is 13.2 Å². The molecule has 5 rings (SSSR count). The van der Waals surface area contributed by atoms with Crippen LogP contribution in [-0.4, -0.2) is 19.1 Å². The summed E-state index contributed by atoms with van der Waals surface area (Å²) in [6.45, 7) is 5.10. The van der Waals surface area contributed by atoms with E-state index >= 15 is 0 Å². The maximum Gasteiger partial charge on any atom is 0.225 e. The second kappa shape index (κ2) is 6.83. The molecule has 0 spiro atoms. The number of hydrogen-bond donors (Lipinski definition) is 1. The van der Waals surface area contributed by atoms with Gasteiger partial charge in [0.05, 0.1) is 18.2 Å². The van der Waals surface area contributed by atoms with Crippen LogP contribution in [0.1, 0.15) is 42.5 Å². The van der Waals surface area contributed by atoms with Crippen molar-refractivity contribution < 1.29 is 18.7 Å². The van der Waals surface area contributed by atoms with Gasteiger partial charge in [-0.1, -0.05) is 6.07 Å². The fourth-order valence-electron chi connectivity index (χ4n) is 4.35. The lowest BCUT2D eigenvalue weighted by Gasteiger charge is -2.28. The van der Waals surface area contributed by atoms with Crippen LogP contribution in [0, 0.1) is 0 Å². The predicted molar refractivity (Wildman–Crippen MR) is 111 cm³/mol. The van der Waals surface area contributed by atoms with Gasteiger partial charge in [0, 0.05) is 10.9 Å². The number of furan rings is 1. The van der Waals surface area contributed by atoms with Crippen LogP contribution in [0.3, 0.4) is 0 Å². The first-order valence-corrected chi connectivity index (χ1v) is 10.2. The van der Waals surface area contributed by atoms with Gasteiger partial charge in [-0.3, -0.25) is 4.79 Å². The van der Waals surface area contributed by atoms with Crippen LogP contribution < -0.4 is 14.8 Å². The fraction of sp³-hybridized carbons (Fsp3) is 0.375. The van der Waals surface area contributed by atoms with Gasteiger partial charge in [0.1, 0.15) is 18.8 Å². The molecule has 0 atom stereocenters. The van der Waals surface area contributed by atoms with Gasteiger partial charge in [0.15, 0.2) is 11.5 Å². The SMILES string of the molecule is CC(C)(NC(=O)Cc1coc2cc3c(cc12)CCC3)c1ccc2c(c1)OCCO2. The number of carbonyl (C=O) groups excluding carboxylic acids is 1. The van der Waals surface area contributed by atoms with Crippen molar-refractivity contribution in [1.82, 2.24) is 5.32 Å². The number of rotatable bonds is 4. The summed E-state index contributed by atoms with van der Waals surface area (Å²) >= 11 is 0. The van der Waals surface area contributed by atoms with E-state index in [4.69, 9.17) is 13.9 Å². The van der Waals surface area contributed by atoms with E-state index in [0.717, 1.165) is 46.4 Å². The third-order valence-corrected chi connectivity index (χ3v) is 5.93. The molecule has 0 radical (unpaired) electrons. The highest BCUT2D eigenvalue weighted by atomic mass is 16.6. The lowest BCUT2D eigenvalue weighted by Crippen LogP contribution is -2.41. The van der Waals surface area contributed by atoms with Crippen LogP contribution >= 0.6 is 0 Å². The summed E-state index contributed by atoms with van der Waals surface area (Å²) in [5.74, 6) is 1.44. The zero-order valence-electron chi connectivity index (χ0n) is 16.8. The molecule has 2 aromatic carbocycles. The summed E-state index contributed by atoms with van der Waals surface area (Å²) in [5.41, 5.74) is 5.02. The van der Waals surface area contributed by atoms with Crippen LogP contribution in [0.2, 0.25) is 0 Å².